The van der Waals surface area contributed by atoms with E-state index in [1.165, 1.54) is 0 Å². The predicted molar refractivity (Wildman–Crippen MR) is 65.5 cm³/mol. The number of nitrogens with two attached hydrogens (primary N) is 1. The third-order valence-corrected chi connectivity index (χ3v) is 2.81. The molecule has 1 atom stereocenters. The van der Waals surface area contributed by atoms with Gasteiger partial charge >= 0.3 is 0 Å². The van der Waals surface area contributed by atoms with E-state index in [2.05, 4.69) is 12.0 Å². The SMILES string of the molecule is C=CCCCC(NN)c1cc(F)c(Cl)cc1F. The van der Waals surface area contributed by atoms with Gasteiger partial charge in [0.1, 0.15) is 11.6 Å². The number of unbranched alkanes of at least 4 members (excludes halogenated alkanes) is 1. The number of hydrazine groups is 1. The Morgan fingerprint density at radius 2 is 2.12 bits per heavy atom. The largest absolute Gasteiger partial charge is 0.271 e. The first-order valence-electron chi connectivity index (χ1n) is 5.31. The maximum atomic E-state index is 13.6. The van der Waals surface area contributed by atoms with Crippen molar-refractivity contribution in [2.45, 2.75) is 25.3 Å². The number of nitrogens with one attached hydrogen (secondary N) is 1. The summed E-state index contributed by atoms with van der Waals surface area (Å²) in [7, 11) is 0. The normalized spacial score (nSPS) is 12.5. The molecule has 3 N–H and O–H groups in total. The van der Waals surface area contributed by atoms with Gasteiger partial charge in [-0.1, -0.05) is 17.7 Å². The van der Waals surface area contributed by atoms with Gasteiger partial charge in [-0.05, 0) is 31.4 Å². The lowest BCUT2D eigenvalue weighted by atomic mass is 10.0. The lowest BCUT2D eigenvalue weighted by molar-refractivity contribution is 0.469. The first-order chi connectivity index (χ1) is 8.10. The van der Waals surface area contributed by atoms with E-state index in [1.54, 1.807) is 6.08 Å². The van der Waals surface area contributed by atoms with E-state index in [0.717, 1.165) is 25.0 Å². The van der Waals surface area contributed by atoms with Crippen molar-refractivity contribution in [3.8, 4) is 0 Å². The molecule has 1 aromatic carbocycles. The Labute approximate surface area is 104 Å². The molecule has 0 heterocycles. The lowest BCUT2D eigenvalue weighted by Gasteiger charge is -2.17. The molecule has 94 valence electrons. The Morgan fingerprint density at radius 1 is 1.41 bits per heavy atom. The Hall–Kier alpha value is -0.970. The minimum Gasteiger partial charge on any atom is -0.271 e. The van der Waals surface area contributed by atoms with Crippen molar-refractivity contribution in [1.29, 1.82) is 0 Å². The van der Waals surface area contributed by atoms with Crippen LogP contribution in [-0.2, 0) is 0 Å². The van der Waals surface area contributed by atoms with Crippen molar-refractivity contribution in [3.05, 3.63) is 47.0 Å². The van der Waals surface area contributed by atoms with Crippen LogP contribution in [-0.4, -0.2) is 0 Å². The molecule has 0 radical (unpaired) electrons. The van der Waals surface area contributed by atoms with E-state index in [1.807, 2.05) is 0 Å². The molecule has 1 aromatic rings. The van der Waals surface area contributed by atoms with Crippen LogP contribution in [0.2, 0.25) is 5.02 Å². The Kier molecular flexibility index (Phi) is 5.55. The molecule has 0 aliphatic rings. The standard InChI is InChI=1S/C12H15ClF2N2/c1-2-3-4-5-12(17-16)8-6-11(15)9(13)7-10(8)14/h2,6-7,12,17H,1,3-5,16H2. The van der Waals surface area contributed by atoms with Crippen molar-refractivity contribution in [2.24, 2.45) is 5.84 Å². The van der Waals surface area contributed by atoms with Gasteiger partial charge in [0.05, 0.1) is 5.02 Å². The summed E-state index contributed by atoms with van der Waals surface area (Å²) in [4.78, 5) is 0. The summed E-state index contributed by atoms with van der Waals surface area (Å²) in [5, 5.41) is -0.229. The molecule has 0 saturated heterocycles. The van der Waals surface area contributed by atoms with Gasteiger partial charge in [-0.25, -0.2) is 8.78 Å². The molecule has 0 aromatic heterocycles. The van der Waals surface area contributed by atoms with E-state index in [-0.39, 0.29) is 10.6 Å². The zero-order chi connectivity index (χ0) is 12.8. The van der Waals surface area contributed by atoms with Crippen molar-refractivity contribution in [3.63, 3.8) is 0 Å². The Morgan fingerprint density at radius 3 is 2.71 bits per heavy atom. The molecular formula is C12H15ClF2N2. The zero-order valence-corrected chi connectivity index (χ0v) is 10.1. The summed E-state index contributed by atoms with van der Waals surface area (Å²) < 4.78 is 26.9. The van der Waals surface area contributed by atoms with Gasteiger partial charge in [0, 0.05) is 11.6 Å². The van der Waals surface area contributed by atoms with Crippen LogP contribution < -0.4 is 11.3 Å². The third-order valence-electron chi connectivity index (χ3n) is 2.52. The van der Waals surface area contributed by atoms with E-state index < -0.39 is 17.7 Å². The molecule has 5 heteroatoms. The topological polar surface area (TPSA) is 38.0 Å². The average molecular weight is 261 g/mol. The molecule has 0 fully saturated rings. The summed E-state index contributed by atoms with van der Waals surface area (Å²) in [6.07, 6.45) is 3.96. The number of benzene rings is 1. The maximum Gasteiger partial charge on any atom is 0.142 e. The van der Waals surface area contributed by atoms with E-state index in [9.17, 15) is 8.78 Å². The Bertz CT molecular complexity index is 396. The smallest absolute Gasteiger partial charge is 0.142 e. The van der Waals surface area contributed by atoms with Crippen LogP contribution in [0.4, 0.5) is 8.78 Å². The number of hydrogen-bond donors (Lipinski definition) is 2. The third kappa shape index (κ3) is 3.77. The Balaban J connectivity index is 2.87. The van der Waals surface area contributed by atoms with Gasteiger partial charge in [-0.2, -0.15) is 0 Å². The van der Waals surface area contributed by atoms with Crippen LogP contribution in [0.1, 0.15) is 30.9 Å². The maximum absolute atomic E-state index is 13.6. The first kappa shape index (κ1) is 14.1. The van der Waals surface area contributed by atoms with Gasteiger partial charge in [0.2, 0.25) is 0 Å². The number of rotatable bonds is 6. The molecule has 0 bridgehead atoms. The highest BCUT2D eigenvalue weighted by molar-refractivity contribution is 6.30. The first-order valence-corrected chi connectivity index (χ1v) is 5.69. The van der Waals surface area contributed by atoms with Gasteiger partial charge in [-0.3, -0.25) is 11.3 Å². The molecular weight excluding hydrogens is 246 g/mol. The predicted octanol–water partition coefficient (Wildman–Crippen LogP) is 3.48. The number of hydrogen-bond acceptors (Lipinski definition) is 2. The monoisotopic (exact) mass is 260 g/mol. The molecule has 1 unspecified atom stereocenters. The van der Waals surface area contributed by atoms with Crippen LogP contribution in [0.5, 0.6) is 0 Å². The molecule has 0 aliphatic carbocycles. The second-order valence-electron chi connectivity index (χ2n) is 3.73. The zero-order valence-electron chi connectivity index (χ0n) is 9.35. The molecule has 0 aliphatic heterocycles. The van der Waals surface area contributed by atoms with Crippen LogP contribution in [0.3, 0.4) is 0 Å². The molecule has 17 heavy (non-hydrogen) atoms. The van der Waals surface area contributed by atoms with Crippen molar-refractivity contribution >= 4 is 11.6 Å². The second-order valence-corrected chi connectivity index (χ2v) is 4.13. The summed E-state index contributed by atoms with van der Waals surface area (Å²) >= 11 is 5.48. The summed E-state index contributed by atoms with van der Waals surface area (Å²) in [6, 6.07) is 1.61. The van der Waals surface area contributed by atoms with Crippen molar-refractivity contribution in [1.82, 2.24) is 5.43 Å². The summed E-state index contributed by atoms with van der Waals surface area (Å²) in [5.41, 5.74) is 2.67. The van der Waals surface area contributed by atoms with Crippen LogP contribution in [0, 0.1) is 11.6 Å². The molecule has 1 rings (SSSR count). The van der Waals surface area contributed by atoms with Gasteiger partial charge < -0.3 is 0 Å². The van der Waals surface area contributed by atoms with Crippen LogP contribution in [0.25, 0.3) is 0 Å². The van der Waals surface area contributed by atoms with Gasteiger partial charge in [-0.15, -0.1) is 6.58 Å². The van der Waals surface area contributed by atoms with E-state index >= 15 is 0 Å². The van der Waals surface area contributed by atoms with Crippen molar-refractivity contribution < 1.29 is 8.78 Å². The number of halogens is 3. The summed E-state index contributed by atoms with van der Waals surface area (Å²) in [5.74, 6) is 4.14. The van der Waals surface area contributed by atoms with Crippen molar-refractivity contribution in [2.75, 3.05) is 0 Å². The fourth-order valence-electron chi connectivity index (χ4n) is 1.60. The van der Waals surface area contributed by atoms with Crippen LogP contribution >= 0.6 is 11.6 Å². The fourth-order valence-corrected chi connectivity index (χ4v) is 1.75. The average Bonchev–Trinajstić information content (AvgIpc) is 2.30. The highest BCUT2D eigenvalue weighted by atomic mass is 35.5. The highest BCUT2D eigenvalue weighted by Gasteiger charge is 2.16. The molecule has 0 saturated carbocycles. The quantitative estimate of drug-likeness (QED) is 0.270. The fraction of sp³-hybridized carbons (Fsp3) is 0.333. The second kappa shape index (κ2) is 6.69. The van der Waals surface area contributed by atoms with Crippen LogP contribution in [0.15, 0.2) is 24.8 Å². The number of allylic oxidation sites excluding steroid dienone is 1. The minimum absolute atomic E-state index is 0.193. The van der Waals surface area contributed by atoms with E-state index in [4.69, 9.17) is 17.4 Å². The molecule has 0 amide bonds. The van der Waals surface area contributed by atoms with Gasteiger partial charge in [0.25, 0.3) is 0 Å². The van der Waals surface area contributed by atoms with E-state index in [0.29, 0.717) is 6.42 Å². The molecule has 2 nitrogen and oxygen atoms in total. The summed E-state index contributed by atoms with van der Waals surface area (Å²) in [6.45, 7) is 3.60. The minimum atomic E-state index is -0.646. The molecule has 0 spiro atoms. The van der Waals surface area contributed by atoms with Gasteiger partial charge in [0.15, 0.2) is 0 Å². The highest BCUT2D eigenvalue weighted by Crippen LogP contribution is 2.26. The lowest BCUT2D eigenvalue weighted by Crippen LogP contribution is -2.28.